The van der Waals surface area contributed by atoms with Gasteiger partial charge in [0.1, 0.15) is 45.3 Å². The van der Waals surface area contributed by atoms with Crippen molar-refractivity contribution in [2.45, 2.75) is 30.8 Å². The molecule has 36 heavy (non-hydrogen) atoms. The van der Waals surface area contributed by atoms with Crippen molar-refractivity contribution in [1.82, 2.24) is 4.90 Å². The molecular formula is C28H27NO7. The maximum atomic E-state index is 13.3. The van der Waals surface area contributed by atoms with Crippen molar-refractivity contribution < 1.29 is 33.2 Å². The van der Waals surface area contributed by atoms with Crippen LogP contribution in [0.4, 0.5) is 0 Å². The van der Waals surface area contributed by atoms with Crippen LogP contribution in [0.5, 0.6) is 11.5 Å². The lowest BCUT2D eigenvalue weighted by atomic mass is 9.87. The number of allylic oxidation sites excluding steroid dienone is 1. The highest BCUT2D eigenvalue weighted by Gasteiger charge is 2.55. The molecule has 4 heterocycles. The zero-order valence-corrected chi connectivity index (χ0v) is 19.7. The fourth-order valence-corrected chi connectivity index (χ4v) is 5.77. The molecule has 0 bridgehead atoms. The summed E-state index contributed by atoms with van der Waals surface area (Å²) in [5.41, 5.74) is 1.99. The zero-order valence-electron chi connectivity index (χ0n) is 19.7. The molecule has 0 saturated carbocycles. The summed E-state index contributed by atoms with van der Waals surface area (Å²) in [6.45, 7) is 2.35. The van der Waals surface area contributed by atoms with Gasteiger partial charge in [-0.2, -0.15) is 0 Å². The Morgan fingerprint density at radius 2 is 1.56 bits per heavy atom. The van der Waals surface area contributed by atoms with Gasteiger partial charge < -0.3 is 28.4 Å². The zero-order chi connectivity index (χ0) is 24.1. The molecule has 8 heteroatoms. The highest BCUT2D eigenvalue weighted by atomic mass is 16.6. The van der Waals surface area contributed by atoms with Gasteiger partial charge >= 0.3 is 5.97 Å². The van der Waals surface area contributed by atoms with Crippen molar-refractivity contribution in [2.75, 3.05) is 33.0 Å². The van der Waals surface area contributed by atoms with Crippen molar-refractivity contribution in [3.63, 3.8) is 0 Å². The first kappa shape index (κ1) is 21.8. The predicted octanol–water partition coefficient (Wildman–Crippen LogP) is 3.66. The molecule has 3 fully saturated rings. The summed E-state index contributed by atoms with van der Waals surface area (Å²) in [4.78, 5) is 15.5. The van der Waals surface area contributed by atoms with Crippen LogP contribution in [0.1, 0.15) is 29.8 Å². The first-order valence-corrected chi connectivity index (χ1v) is 12.5. The molecule has 0 aromatic heterocycles. The third-order valence-corrected chi connectivity index (χ3v) is 7.41. The third kappa shape index (κ3) is 3.63. The monoisotopic (exact) mass is 489 g/mol. The molecule has 5 aliphatic rings. The summed E-state index contributed by atoms with van der Waals surface area (Å²) < 4.78 is 35.7. The van der Waals surface area contributed by atoms with E-state index in [4.69, 9.17) is 28.4 Å². The van der Waals surface area contributed by atoms with Crippen LogP contribution in [0.15, 0.2) is 72.2 Å². The fraction of sp³-hybridized carbons (Fsp3) is 0.393. The second kappa shape index (κ2) is 8.87. The van der Waals surface area contributed by atoms with Gasteiger partial charge in [-0.3, -0.25) is 4.79 Å². The molecular weight excluding hydrogens is 462 g/mol. The van der Waals surface area contributed by atoms with E-state index in [2.05, 4.69) is 17.0 Å². The lowest BCUT2D eigenvalue weighted by molar-refractivity contribution is -0.163. The van der Waals surface area contributed by atoms with Crippen LogP contribution in [0.2, 0.25) is 0 Å². The lowest BCUT2D eigenvalue weighted by Gasteiger charge is -2.39. The molecule has 7 rings (SSSR count). The predicted molar refractivity (Wildman–Crippen MR) is 127 cm³/mol. The van der Waals surface area contributed by atoms with E-state index >= 15 is 0 Å². The maximum absolute atomic E-state index is 13.3. The average molecular weight is 490 g/mol. The average Bonchev–Trinajstić information content (AvgIpc) is 3.35. The van der Waals surface area contributed by atoms with Gasteiger partial charge in [0.05, 0.1) is 12.1 Å². The molecule has 0 N–H and O–H groups in total. The van der Waals surface area contributed by atoms with E-state index in [9.17, 15) is 4.79 Å². The van der Waals surface area contributed by atoms with Gasteiger partial charge in [0, 0.05) is 5.92 Å². The highest BCUT2D eigenvalue weighted by Crippen LogP contribution is 2.48. The number of morpholine rings is 1. The van der Waals surface area contributed by atoms with Gasteiger partial charge in [0.2, 0.25) is 0 Å². The van der Waals surface area contributed by atoms with Crippen molar-refractivity contribution in [1.29, 1.82) is 0 Å². The van der Waals surface area contributed by atoms with Gasteiger partial charge in [-0.15, -0.1) is 0 Å². The number of nitrogens with zero attached hydrogens (tertiary/aromatic N) is 1. The smallest absolute Gasteiger partial charge is 0.326 e. The molecule has 3 saturated heterocycles. The summed E-state index contributed by atoms with van der Waals surface area (Å²) in [6, 6.07) is 15.3. The number of rotatable bonds is 3. The van der Waals surface area contributed by atoms with E-state index in [-0.39, 0.29) is 24.5 Å². The molecule has 0 radical (unpaired) electrons. The van der Waals surface area contributed by atoms with Gasteiger partial charge in [-0.1, -0.05) is 36.4 Å². The molecule has 8 nitrogen and oxygen atoms in total. The van der Waals surface area contributed by atoms with Crippen LogP contribution >= 0.6 is 0 Å². The topological polar surface area (TPSA) is 75.7 Å². The van der Waals surface area contributed by atoms with E-state index < -0.39 is 18.4 Å². The Hall–Kier alpha value is -3.49. The van der Waals surface area contributed by atoms with E-state index in [1.165, 1.54) is 0 Å². The number of esters is 1. The number of fused-ring (bicyclic) bond motifs is 3. The largest absolute Gasteiger partial charge is 0.486 e. The lowest BCUT2D eigenvalue weighted by Crippen LogP contribution is -2.52. The van der Waals surface area contributed by atoms with Crippen LogP contribution in [0.25, 0.3) is 0 Å². The van der Waals surface area contributed by atoms with Crippen LogP contribution < -0.4 is 9.47 Å². The summed E-state index contributed by atoms with van der Waals surface area (Å²) in [5, 5.41) is 0. The number of cyclic esters (lactones) is 1. The minimum Gasteiger partial charge on any atom is -0.486 e. The van der Waals surface area contributed by atoms with E-state index in [1.807, 2.05) is 48.6 Å². The van der Waals surface area contributed by atoms with Crippen molar-refractivity contribution in [3.05, 3.63) is 83.3 Å². The second-order valence-electron chi connectivity index (χ2n) is 9.50. The number of hydrogen-bond acceptors (Lipinski definition) is 8. The summed E-state index contributed by atoms with van der Waals surface area (Å²) in [6.07, 6.45) is 3.89. The van der Waals surface area contributed by atoms with Gasteiger partial charge in [0.25, 0.3) is 0 Å². The Labute approximate surface area is 209 Å². The quantitative estimate of drug-likeness (QED) is 0.605. The van der Waals surface area contributed by atoms with E-state index in [0.29, 0.717) is 38.6 Å². The number of ether oxygens (including phenoxy) is 6. The summed E-state index contributed by atoms with van der Waals surface area (Å²) >= 11 is 0. The van der Waals surface area contributed by atoms with Crippen LogP contribution in [0, 0.1) is 5.92 Å². The number of carbonyl (C=O) groups excluding carboxylic acids is 1. The van der Waals surface area contributed by atoms with Crippen molar-refractivity contribution in [2.24, 2.45) is 5.92 Å². The van der Waals surface area contributed by atoms with Crippen LogP contribution in [0.3, 0.4) is 0 Å². The third-order valence-electron chi connectivity index (χ3n) is 7.41. The second-order valence-corrected chi connectivity index (χ2v) is 9.50. The van der Waals surface area contributed by atoms with Crippen LogP contribution in [-0.4, -0.2) is 56.0 Å². The molecule has 2 aromatic rings. The Balaban J connectivity index is 1.29. The molecule has 4 aliphatic heterocycles. The van der Waals surface area contributed by atoms with Gasteiger partial charge in [-0.25, -0.2) is 4.90 Å². The minimum absolute atomic E-state index is 0.0674. The maximum Gasteiger partial charge on any atom is 0.326 e. The molecule has 0 amide bonds. The minimum atomic E-state index is -0.566. The van der Waals surface area contributed by atoms with E-state index in [1.54, 1.807) is 0 Å². The van der Waals surface area contributed by atoms with Gasteiger partial charge in [-0.05, 0) is 41.8 Å². The summed E-state index contributed by atoms with van der Waals surface area (Å²) in [7, 11) is 0. The number of carbonyl (C=O) groups is 1. The molecule has 2 aromatic carbocycles. The SMILES string of the molecule is O=C1OC[C@H](c2ccccc2)N2C1[C@@H](C1C=C3OCCOC3=CC1)O[C@H]2c1ccc2c(c1)OCCO2. The Kier molecular flexibility index (Phi) is 5.36. The Morgan fingerprint density at radius 1 is 0.778 bits per heavy atom. The molecule has 1 aliphatic carbocycles. The Bertz CT molecular complexity index is 1230. The van der Waals surface area contributed by atoms with Gasteiger partial charge in [0.15, 0.2) is 23.0 Å². The molecule has 186 valence electrons. The highest BCUT2D eigenvalue weighted by molar-refractivity contribution is 5.78. The van der Waals surface area contributed by atoms with Crippen molar-refractivity contribution in [3.8, 4) is 11.5 Å². The first-order valence-electron chi connectivity index (χ1n) is 12.5. The Morgan fingerprint density at radius 3 is 2.42 bits per heavy atom. The molecule has 2 unspecified atom stereocenters. The molecule has 0 spiro atoms. The van der Waals surface area contributed by atoms with Crippen LogP contribution in [-0.2, 0) is 23.7 Å². The number of benzene rings is 2. The number of hydrogen-bond donors (Lipinski definition) is 0. The standard InChI is InChI=1S/C28H27NO7/c30-28-25-26(18-6-8-21-23(14-18)33-12-10-31-21)36-27(19-7-9-22-24(15-19)34-13-11-32-22)29(25)20(16-35-28)17-4-2-1-3-5-17/h1-5,7-9,14-15,18,20,25-27H,6,10-13,16H2/t18?,20-,25?,26-,27+/m1/s1. The normalized spacial score (nSPS) is 31.1. The molecule has 5 atom stereocenters. The fourth-order valence-electron chi connectivity index (χ4n) is 5.77. The van der Waals surface area contributed by atoms with E-state index in [0.717, 1.165) is 28.4 Å². The van der Waals surface area contributed by atoms with Crippen molar-refractivity contribution >= 4 is 5.97 Å². The summed E-state index contributed by atoms with van der Waals surface area (Å²) in [5.74, 6) is 2.57. The first-order chi connectivity index (χ1) is 17.8.